The lowest BCUT2D eigenvalue weighted by Crippen LogP contribution is -2.43. The molecule has 2 fully saturated rings. The zero-order valence-corrected chi connectivity index (χ0v) is 33.9. The first-order valence-corrected chi connectivity index (χ1v) is 20.8. The molecule has 0 radical (unpaired) electrons. The molecule has 2 aliphatic rings. The van der Waals surface area contributed by atoms with Crippen LogP contribution in [0.2, 0.25) is 0 Å². The highest BCUT2D eigenvalue weighted by Gasteiger charge is 2.48. The highest BCUT2D eigenvalue weighted by molar-refractivity contribution is 7.69. The Morgan fingerprint density at radius 1 is 0.529 bits per heavy atom. The largest absolute Gasteiger partial charge is 0.362 e. The van der Waals surface area contributed by atoms with Crippen molar-refractivity contribution in [1.82, 2.24) is 0 Å². The highest BCUT2D eigenvalue weighted by Crippen LogP contribution is 2.65. The van der Waals surface area contributed by atoms with Crippen LogP contribution in [0.15, 0.2) is 109 Å². The molecular formula is C45H56N2O2P2. The van der Waals surface area contributed by atoms with Crippen LogP contribution in [0.5, 0.6) is 0 Å². The molecule has 0 saturated carbocycles. The summed E-state index contributed by atoms with van der Waals surface area (Å²) in [6, 6.07) is 38.9. The van der Waals surface area contributed by atoms with E-state index in [9.17, 15) is 9.59 Å². The van der Waals surface area contributed by atoms with Gasteiger partial charge in [0.25, 0.3) is 6.21 Å². The van der Waals surface area contributed by atoms with Crippen molar-refractivity contribution in [2.45, 2.75) is 115 Å². The number of nitrogens with zero attached hydrogens (tertiary/aromatic N) is 2. The predicted octanol–water partition coefficient (Wildman–Crippen LogP) is 11.5. The molecule has 0 spiro atoms. The number of hydrogen-bond donors (Lipinski definition) is 0. The van der Waals surface area contributed by atoms with Crippen LogP contribution in [-0.4, -0.2) is 43.2 Å². The fourth-order valence-corrected chi connectivity index (χ4v) is 17.0. The van der Waals surface area contributed by atoms with E-state index < -0.39 is 15.8 Å². The van der Waals surface area contributed by atoms with E-state index >= 15 is 0 Å². The van der Waals surface area contributed by atoms with Gasteiger partial charge in [-0.05, 0) is 59.9 Å². The van der Waals surface area contributed by atoms with Gasteiger partial charge in [-0.3, -0.25) is 9.59 Å². The number of carbonyl (C=O) groups is 2. The van der Waals surface area contributed by atoms with Gasteiger partial charge in [-0.2, -0.15) is 4.79 Å². The molecule has 0 amide bonds. The second-order valence-corrected chi connectivity index (χ2v) is 23.3. The average molecular weight is 719 g/mol. The number of benzene rings is 4. The zero-order valence-electron chi connectivity index (χ0n) is 32.1. The predicted molar refractivity (Wildman–Crippen MR) is 222 cm³/mol. The van der Waals surface area contributed by atoms with Crippen molar-refractivity contribution in [3.8, 4) is 22.3 Å². The van der Waals surface area contributed by atoms with Crippen LogP contribution in [0.3, 0.4) is 0 Å². The Balaban J connectivity index is 0.000000207. The van der Waals surface area contributed by atoms with Gasteiger partial charge in [0, 0.05) is 32.6 Å². The third-order valence-corrected chi connectivity index (χ3v) is 17.2. The maximum atomic E-state index is 12.3. The Labute approximate surface area is 309 Å². The van der Waals surface area contributed by atoms with Gasteiger partial charge in [0.05, 0.1) is 0 Å². The molecule has 1 atom stereocenters. The van der Waals surface area contributed by atoms with Gasteiger partial charge >= 0.3 is 0 Å². The molecule has 1 unspecified atom stereocenters. The normalized spacial score (nSPS) is 20.3. The average Bonchev–Trinajstić information content (AvgIpc) is 3.15. The quantitative estimate of drug-likeness (QED) is 0.0912. The number of Topliss-reactive ketones (excluding diaryl/α,β-unsaturated/α-hetero) is 2. The van der Waals surface area contributed by atoms with Gasteiger partial charge in [-0.25, -0.2) is 0 Å². The first kappa shape index (κ1) is 40.2. The summed E-state index contributed by atoms with van der Waals surface area (Å²) < 4.78 is 0. The van der Waals surface area contributed by atoms with Crippen molar-refractivity contribution in [3.05, 3.63) is 115 Å². The topological polar surface area (TPSA) is 70.5 Å². The molecule has 2 saturated heterocycles. The zero-order chi connectivity index (χ0) is 37.5. The van der Waals surface area contributed by atoms with Crippen molar-refractivity contribution in [3.63, 3.8) is 0 Å². The van der Waals surface area contributed by atoms with Crippen molar-refractivity contribution in [2.24, 2.45) is 0 Å². The van der Waals surface area contributed by atoms with E-state index in [0.717, 1.165) is 12.8 Å². The van der Waals surface area contributed by atoms with E-state index in [-0.39, 0.29) is 20.6 Å². The Kier molecular flexibility index (Phi) is 13.3. The van der Waals surface area contributed by atoms with Gasteiger partial charge in [-0.1, -0.05) is 180 Å². The van der Waals surface area contributed by atoms with E-state index in [0.29, 0.717) is 30.8 Å². The van der Waals surface area contributed by atoms with Gasteiger partial charge in [0.15, 0.2) is 0 Å². The fraction of sp³-hybridized carbons (Fsp3) is 0.400. The summed E-state index contributed by atoms with van der Waals surface area (Å²) >= 11 is 0. The minimum Gasteiger partial charge on any atom is -0.362 e. The standard InChI is InChI=1S/C22H27OP.C21H25OP.C2H4N2/c1-21(2)15-14-18(23)16-22(3,4)24(21)20-13-9-8-12-19(20)17-10-6-5-7-11-17;1-20(2)14-17(22)15-21(3,4)23(20)19-13-9-8-12-18(19)16-10-6-5-7-11-16;1-2-4-3/h5-13H,14-16H2,1-4H3;5-13H,14-15H2,1-4H3;2H,1H3. The molecule has 0 bridgehead atoms. The van der Waals surface area contributed by atoms with Crippen LogP contribution in [0.25, 0.3) is 27.8 Å². The summed E-state index contributed by atoms with van der Waals surface area (Å²) in [5.74, 6) is 0.839. The van der Waals surface area contributed by atoms with Crippen LogP contribution in [0.4, 0.5) is 0 Å². The van der Waals surface area contributed by atoms with Gasteiger partial charge in [0.1, 0.15) is 11.6 Å². The molecule has 51 heavy (non-hydrogen) atoms. The van der Waals surface area contributed by atoms with E-state index in [4.69, 9.17) is 5.53 Å². The van der Waals surface area contributed by atoms with Gasteiger partial charge < -0.3 is 5.53 Å². The molecule has 4 aromatic rings. The van der Waals surface area contributed by atoms with E-state index in [1.54, 1.807) is 6.92 Å². The molecule has 4 nitrogen and oxygen atoms in total. The maximum absolute atomic E-state index is 12.3. The van der Waals surface area contributed by atoms with Crippen molar-refractivity contribution < 1.29 is 14.4 Å². The lowest BCUT2D eigenvalue weighted by atomic mass is 9.96. The van der Waals surface area contributed by atoms with Crippen LogP contribution in [0.1, 0.15) is 94.4 Å². The monoisotopic (exact) mass is 718 g/mol. The van der Waals surface area contributed by atoms with E-state index in [2.05, 4.69) is 169 Å². The summed E-state index contributed by atoms with van der Waals surface area (Å²) in [6.45, 7) is 20.1. The van der Waals surface area contributed by atoms with Gasteiger partial charge in [-0.15, -0.1) is 0 Å². The second kappa shape index (κ2) is 16.9. The molecule has 2 heterocycles. The highest BCUT2D eigenvalue weighted by atomic mass is 31.1. The SMILES string of the molecule is CC1(C)CC(=O)CC(C)(C)P1c1ccccc1-c1ccccc1.CC1(C)CCC(=O)CC(C)(C)P1c1ccccc1-c1ccccc1.CC=[N+]=[N-]. The minimum atomic E-state index is -0.472. The summed E-state index contributed by atoms with van der Waals surface area (Å²) in [4.78, 5) is 27.2. The summed E-state index contributed by atoms with van der Waals surface area (Å²) in [5.41, 5.74) is 12.7. The lowest BCUT2D eigenvalue weighted by molar-refractivity contribution is -0.120. The minimum absolute atomic E-state index is 0.0251. The number of carbonyl (C=O) groups excluding carboxylic acids is 2. The number of rotatable bonds is 4. The molecule has 268 valence electrons. The van der Waals surface area contributed by atoms with E-state index in [1.165, 1.54) is 39.1 Å². The van der Waals surface area contributed by atoms with Crippen molar-refractivity contribution in [2.75, 3.05) is 0 Å². The van der Waals surface area contributed by atoms with E-state index in [1.807, 2.05) is 0 Å². The molecule has 0 N–H and O–H groups in total. The van der Waals surface area contributed by atoms with Crippen LogP contribution >= 0.6 is 15.8 Å². The third kappa shape index (κ3) is 9.87. The molecule has 6 heteroatoms. The Bertz CT molecular complexity index is 1820. The van der Waals surface area contributed by atoms with Gasteiger partial charge in [0.2, 0.25) is 0 Å². The Morgan fingerprint density at radius 2 is 0.863 bits per heavy atom. The fourth-order valence-electron chi connectivity index (χ4n) is 8.40. The molecule has 2 aliphatic heterocycles. The Hall–Kier alpha value is -3.54. The summed E-state index contributed by atoms with van der Waals surface area (Å²) in [5, 5.41) is 3.16. The molecule has 4 aromatic carbocycles. The summed E-state index contributed by atoms with van der Waals surface area (Å²) in [7, 11) is -0.917. The number of hydrogen-bond acceptors (Lipinski definition) is 2. The third-order valence-electron chi connectivity index (χ3n) is 9.90. The maximum Gasteiger partial charge on any atom is 0.254 e. The Morgan fingerprint density at radius 3 is 1.25 bits per heavy atom. The first-order valence-electron chi connectivity index (χ1n) is 18.1. The first-order chi connectivity index (χ1) is 24.0. The van der Waals surface area contributed by atoms with Crippen LogP contribution in [-0.2, 0) is 9.59 Å². The van der Waals surface area contributed by atoms with Crippen LogP contribution < -0.4 is 10.6 Å². The van der Waals surface area contributed by atoms with Crippen molar-refractivity contribution in [1.29, 1.82) is 0 Å². The summed E-state index contributed by atoms with van der Waals surface area (Å²) in [6.07, 6.45) is 5.12. The molecule has 0 aliphatic carbocycles. The van der Waals surface area contributed by atoms with Crippen molar-refractivity contribution >= 4 is 44.2 Å². The lowest BCUT2D eigenvalue weighted by Gasteiger charge is -2.49. The number of ketones is 2. The molecule has 0 aromatic heterocycles. The molecular weight excluding hydrogens is 662 g/mol. The van der Waals surface area contributed by atoms with Crippen LogP contribution in [0, 0.1) is 0 Å². The molecule has 6 rings (SSSR count). The smallest absolute Gasteiger partial charge is 0.254 e. The second-order valence-electron chi connectivity index (χ2n) is 16.2.